The molecule has 5 rings (SSSR count). The summed E-state index contributed by atoms with van der Waals surface area (Å²) in [7, 11) is 0. The van der Waals surface area contributed by atoms with E-state index < -0.39 is 11.5 Å². The molecule has 0 spiro atoms. The number of aliphatic hydroxyl groups is 2. The molecule has 210 valence electrons. The smallest absolute Gasteiger partial charge is 0.305 e. The Morgan fingerprint density at radius 3 is 2.30 bits per heavy atom. The van der Waals surface area contributed by atoms with Gasteiger partial charge in [0.2, 0.25) is 0 Å². The highest BCUT2D eigenvalue weighted by Crippen LogP contribution is 2.75. The number of hydrogen-bond acceptors (Lipinski definition) is 4. The van der Waals surface area contributed by atoms with Crippen molar-refractivity contribution in [2.75, 3.05) is 6.61 Å². The molecule has 37 heavy (non-hydrogen) atoms. The minimum absolute atomic E-state index is 0.000400. The second kappa shape index (κ2) is 8.56. The summed E-state index contributed by atoms with van der Waals surface area (Å²) in [6, 6.07) is 0. The van der Waals surface area contributed by atoms with Crippen molar-refractivity contribution in [3.8, 4) is 0 Å². The predicted molar refractivity (Wildman–Crippen MR) is 148 cm³/mol. The third kappa shape index (κ3) is 3.63. The van der Waals surface area contributed by atoms with Crippen molar-refractivity contribution in [2.45, 2.75) is 132 Å². The molecule has 4 nitrogen and oxygen atoms in total. The van der Waals surface area contributed by atoms with Gasteiger partial charge in [0.25, 0.3) is 0 Å². The van der Waals surface area contributed by atoms with E-state index in [1.54, 1.807) is 5.57 Å². The first-order chi connectivity index (χ1) is 17.1. The van der Waals surface area contributed by atoms with Gasteiger partial charge < -0.3 is 14.9 Å². The lowest BCUT2D eigenvalue weighted by Gasteiger charge is -2.71. The van der Waals surface area contributed by atoms with E-state index in [0.29, 0.717) is 24.2 Å². The fourth-order valence-corrected chi connectivity index (χ4v) is 11.1. The quantitative estimate of drug-likeness (QED) is 0.312. The maximum absolute atomic E-state index is 12.5. The fourth-order valence-electron chi connectivity index (χ4n) is 11.1. The molecule has 0 heterocycles. The summed E-state index contributed by atoms with van der Waals surface area (Å²) in [6.07, 6.45) is 12.2. The fraction of sp³-hybridized carbons (Fsp3) is 0.909. The van der Waals surface area contributed by atoms with E-state index in [4.69, 9.17) is 4.74 Å². The monoisotopic (exact) mass is 514 g/mol. The van der Waals surface area contributed by atoms with Crippen LogP contribution in [0.15, 0.2) is 11.6 Å². The maximum atomic E-state index is 12.5. The van der Waals surface area contributed by atoms with Crippen molar-refractivity contribution in [1.29, 1.82) is 0 Å². The highest BCUT2D eigenvalue weighted by Gasteiger charge is 2.69. The lowest BCUT2D eigenvalue weighted by Crippen LogP contribution is -2.66. The summed E-state index contributed by atoms with van der Waals surface area (Å²) in [4.78, 5) is 12.5. The Balaban J connectivity index is 1.56. The number of aliphatic hydroxyl groups excluding tert-OH is 2. The molecule has 0 aromatic heterocycles. The molecule has 5 aliphatic rings. The third-order valence-electron chi connectivity index (χ3n) is 13.8. The second-order valence-corrected chi connectivity index (χ2v) is 16.0. The zero-order valence-corrected chi connectivity index (χ0v) is 25.0. The molecule has 10 atom stereocenters. The Morgan fingerprint density at radius 1 is 0.946 bits per heavy atom. The van der Waals surface area contributed by atoms with Gasteiger partial charge in [-0.2, -0.15) is 0 Å². The minimum Gasteiger partial charge on any atom is -0.462 e. The van der Waals surface area contributed by atoms with Crippen LogP contribution in [-0.2, 0) is 9.53 Å². The summed E-state index contributed by atoms with van der Waals surface area (Å²) in [5, 5.41) is 21.5. The van der Waals surface area contributed by atoms with Crippen molar-refractivity contribution in [3.63, 3.8) is 0 Å². The summed E-state index contributed by atoms with van der Waals surface area (Å²) >= 11 is 0. The Kier molecular flexibility index (Phi) is 6.41. The van der Waals surface area contributed by atoms with Gasteiger partial charge in [-0.15, -0.1) is 0 Å². The van der Waals surface area contributed by atoms with Crippen LogP contribution in [0.5, 0.6) is 0 Å². The SMILES string of the molecule is CCC(=O)O[C@@H]1CC(C)(C)C[C@@H]2C3=CC[C@@H]4[C@@]5(C)CC[C@H](O)[C@@](C)(CO)C5CC[C@@]4(C)[C@]3(C)CC[C@]21C. The summed E-state index contributed by atoms with van der Waals surface area (Å²) in [5.74, 6) is 1.30. The number of allylic oxidation sites excluding steroid dienone is 2. The molecule has 4 heteroatoms. The van der Waals surface area contributed by atoms with Gasteiger partial charge in [-0.1, -0.05) is 67.0 Å². The van der Waals surface area contributed by atoms with Crippen LogP contribution in [0, 0.1) is 50.2 Å². The first-order valence-corrected chi connectivity index (χ1v) is 15.3. The number of esters is 1. The summed E-state index contributed by atoms with van der Waals surface area (Å²) in [5.41, 5.74) is 1.85. The van der Waals surface area contributed by atoms with Gasteiger partial charge in [0, 0.05) is 17.3 Å². The largest absolute Gasteiger partial charge is 0.462 e. The maximum Gasteiger partial charge on any atom is 0.305 e. The third-order valence-corrected chi connectivity index (χ3v) is 13.8. The van der Waals surface area contributed by atoms with Crippen LogP contribution in [-0.4, -0.2) is 35.0 Å². The summed E-state index contributed by atoms with van der Waals surface area (Å²) < 4.78 is 6.21. The van der Waals surface area contributed by atoms with Crippen molar-refractivity contribution in [1.82, 2.24) is 0 Å². The minimum atomic E-state index is -0.409. The number of carbonyl (C=O) groups is 1. The lowest BCUT2D eigenvalue weighted by molar-refractivity contribution is -0.220. The van der Waals surface area contributed by atoms with Crippen molar-refractivity contribution >= 4 is 5.97 Å². The van der Waals surface area contributed by atoms with Gasteiger partial charge in [0.1, 0.15) is 6.10 Å². The van der Waals surface area contributed by atoms with Crippen LogP contribution in [0.1, 0.15) is 120 Å². The average molecular weight is 515 g/mol. The van der Waals surface area contributed by atoms with Gasteiger partial charge in [0.05, 0.1) is 12.7 Å². The van der Waals surface area contributed by atoms with Gasteiger partial charge in [-0.05, 0) is 97.2 Å². The lowest BCUT2D eigenvalue weighted by atomic mass is 9.33. The van der Waals surface area contributed by atoms with Crippen molar-refractivity contribution in [3.05, 3.63) is 11.6 Å². The number of hydrogen-bond donors (Lipinski definition) is 2. The average Bonchev–Trinajstić information content (AvgIpc) is 2.83. The molecule has 4 fully saturated rings. The topological polar surface area (TPSA) is 66.8 Å². The van der Waals surface area contributed by atoms with E-state index in [0.717, 1.165) is 51.4 Å². The highest BCUT2D eigenvalue weighted by atomic mass is 16.5. The number of carbonyl (C=O) groups excluding carboxylic acids is 1. The highest BCUT2D eigenvalue weighted by molar-refractivity contribution is 5.69. The molecule has 1 unspecified atom stereocenters. The molecule has 4 saturated carbocycles. The van der Waals surface area contributed by atoms with E-state index in [9.17, 15) is 15.0 Å². The first kappa shape index (κ1) is 27.7. The van der Waals surface area contributed by atoms with Crippen LogP contribution >= 0.6 is 0 Å². The number of ether oxygens (including phenoxy) is 1. The van der Waals surface area contributed by atoms with Gasteiger partial charge >= 0.3 is 5.97 Å². The van der Waals surface area contributed by atoms with Crippen LogP contribution in [0.25, 0.3) is 0 Å². The van der Waals surface area contributed by atoms with Gasteiger partial charge in [-0.25, -0.2) is 0 Å². The van der Waals surface area contributed by atoms with E-state index in [1.807, 2.05) is 6.92 Å². The molecule has 0 aromatic rings. The normalized spacial score (nSPS) is 52.6. The molecular weight excluding hydrogens is 460 g/mol. The zero-order valence-electron chi connectivity index (χ0n) is 25.0. The van der Waals surface area contributed by atoms with Crippen molar-refractivity contribution in [2.24, 2.45) is 50.2 Å². The van der Waals surface area contributed by atoms with Crippen LogP contribution in [0.2, 0.25) is 0 Å². The number of rotatable bonds is 3. The molecule has 0 saturated heterocycles. The Bertz CT molecular complexity index is 969. The summed E-state index contributed by atoms with van der Waals surface area (Å²) in [6.45, 7) is 18.9. The molecule has 0 radical (unpaired) electrons. The first-order valence-electron chi connectivity index (χ1n) is 15.3. The molecular formula is C33H54O4. The molecule has 0 amide bonds. The second-order valence-electron chi connectivity index (χ2n) is 16.0. The van der Waals surface area contributed by atoms with Crippen LogP contribution in [0.3, 0.4) is 0 Å². The van der Waals surface area contributed by atoms with Gasteiger partial charge in [0.15, 0.2) is 0 Å². The van der Waals surface area contributed by atoms with E-state index in [-0.39, 0.29) is 45.8 Å². The molecule has 0 aromatic carbocycles. The number of fused-ring (bicyclic) bond motifs is 7. The molecule has 0 bridgehead atoms. The van der Waals surface area contributed by atoms with E-state index >= 15 is 0 Å². The Morgan fingerprint density at radius 2 is 1.65 bits per heavy atom. The molecule has 5 aliphatic carbocycles. The van der Waals surface area contributed by atoms with E-state index in [2.05, 4.69) is 54.5 Å². The molecule has 2 N–H and O–H groups in total. The van der Waals surface area contributed by atoms with E-state index in [1.165, 1.54) is 6.42 Å². The predicted octanol–water partition coefficient (Wildman–Crippen LogP) is 7.07. The molecule has 0 aliphatic heterocycles. The van der Waals surface area contributed by atoms with Crippen LogP contribution < -0.4 is 0 Å². The zero-order chi connectivity index (χ0) is 27.2. The Hall–Kier alpha value is -0.870. The Labute approximate surface area is 226 Å². The van der Waals surface area contributed by atoms with Crippen molar-refractivity contribution < 1.29 is 19.7 Å². The van der Waals surface area contributed by atoms with Gasteiger partial charge in [-0.3, -0.25) is 4.79 Å². The standard InChI is InChI=1S/C33H54O4/c1-9-27(36)37-26-19-28(2,3)18-22-21-10-11-24-30(5)14-13-25(35)31(6,20-34)23(30)12-15-33(24,8)32(21,7)17-16-29(22,26)4/h10,22-26,34-35H,9,11-20H2,1-8H3/t22-,23?,24-,25+,26-,29-,30+,31+,32-,33-/m1/s1. The van der Waals surface area contributed by atoms with Crippen LogP contribution in [0.4, 0.5) is 0 Å².